The summed E-state index contributed by atoms with van der Waals surface area (Å²) in [6.07, 6.45) is 2.09. The molecule has 0 spiro atoms. The predicted octanol–water partition coefficient (Wildman–Crippen LogP) is 3.18. The molecule has 0 aromatic heterocycles. The summed E-state index contributed by atoms with van der Waals surface area (Å²) in [5, 5.41) is 0.786. The molecule has 0 saturated carbocycles. The van der Waals surface area contributed by atoms with Crippen LogP contribution in [0.4, 0.5) is 0 Å². The van der Waals surface area contributed by atoms with E-state index in [1.165, 1.54) is 0 Å². The zero-order valence-corrected chi connectivity index (χ0v) is 14.7. The second-order valence-electron chi connectivity index (χ2n) is 6.25. The molecule has 4 nitrogen and oxygen atoms in total. The SMILES string of the molecule is O=C(c1cccc(Cl)c1Cl)N1CCC(CN2CCOCC2)CC1. The molecule has 1 aromatic rings. The van der Waals surface area contributed by atoms with Crippen molar-refractivity contribution in [3.05, 3.63) is 33.8 Å². The number of likely N-dealkylation sites (tertiary alicyclic amines) is 1. The Balaban J connectivity index is 1.54. The Labute approximate surface area is 147 Å². The van der Waals surface area contributed by atoms with Gasteiger partial charge in [-0.25, -0.2) is 0 Å². The van der Waals surface area contributed by atoms with E-state index in [1.807, 2.05) is 4.90 Å². The Kier molecular flexibility index (Phi) is 5.81. The summed E-state index contributed by atoms with van der Waals surface area (Å²) >= 11 is 12.2. The third-order valence-electron chi connectivity index (χ3n) is 4.70. The highest BCUT2D eigenvalue weighted by atomic mass is 35.5. The molecular weight excluding hydrogens is 335 g/mol. The van der Waals surface area contributed by atoms with Crippen LogP contribution in [0, 0.1) is 5.92 Å². The molecule has 1 aromatic carbocycles. The van der Waals surface area contributed by atoms with E-state index in [0.29, 0.717) is 21.5 Å². The summed E-state index contributed by atoms with van der Waals surface area (Å²) < 4.78 is 5.39. The van der Waals surface area contributed by atoms with Gasteiger partial charge >= 0.3 is 0 Å². The number of halogens is 2. The minimum absolute atomic E-state index is 0.0117. The number of benzene rings is 1. The molecule has 0 unspecified atom stereocenters. The van der Waals surface area contributed by atoms with E-state index in [4.69, 9.17) is 27.9 Å². The summed E-state index contributed by atoms with van der Waals surface area (Å²) in [6.45, 7) is 6.42. The zero-order valence-electron chi connectivity index (χ0n) is 13.1. The molecule has 3 rings (SSSR count). The number of hydrogen-bond donors (Lipinski definition) is 0. The van der Waals surface area contributed by atoms with E-state index in [2.05, 4.69) is 4.90 Å². The summed E-state index contributed by atoms with van der Waals surface area (Å²) in [5.41, 5.74) is 0.505. The van der Waals surface area contributed by atoms with Crippen molar-refractivity contribution in [2.24, 2.45) is 5.92 Å². The minimum atomic E-state index is -0.0117. The minimum Gasteiger partial charge on any atom is -0.379 e. The molecule has 126 valence electrons. The van der Waals surface area contributed by atoms with Crippen LogP contribution in [-0.2, 0) is 4.74 Å². The zero-order chi connectivity index (χ0) is 16.2. The van der Waals surface area contributed by atoms with Gasteiger partial charge in [0.15, 0.2) is 0 Å². The predicted molar refractivity (Wildman–Crippen MR) is 92.3 cm³/mol. The molecule has 2 aliphatic rings. The van der Waals surface area contributed by atoms with E-state index in [-0.39, 0.29) is 5.91 Å². The Bertz CT molecular complexity index is 554. The largest absolute Gasteiger partial charge is 0.379 e. The van der Waals surface area contributed by atoms with Crippen molar-refractivity contribution < 1.29 is 9.53 Å². The van der Waals surface area contributed by atoms with Crippen molar-refractivity contribution in [2.45, 2.75) is 12.8 Å². The lowest BCUT2D eigenvalue weighted by atomic mass is 9.95. The van der Waals surface area contributed by atoms with Crippen molar-refractivity contribution in [1.29, 1.82) is 0 Å². The highest BCUT2D eigenvalue weighted by Gasteiger charge is 2.26. The molecule has 2 fully saturated rings. The fraction of sp³-hybridized carbons (Fsp3) is 0.588. The monoisotopic (exact) mass is 356 g/mol. The van der Waals surface area contributed by atoms with Crippen LogP contribution in [0.5, 0.6) is 0 Å². The van der Waals surface area contributed by atoms with Crippen LogP contribution in [0.25, 0.3) is 0 Å². The first-order valence-electron chi connectivity index (χ1n) is 8.18. The lowest BCUT2D eigenvalue weighted by Crippen LogP contribution is -2.44. The van der Waals surface area contributed by atoms with Crippen LogP contribution in [0.1, 0.15) is 23.2 Å². The van der Waals surface area contributed by atoms with Gasteiger partial charge < -0.3 is 9.64 Å². The number of nitrogens with zero attached hydrogens (tertiary/aromatic N) is 2. The number of ether oxygens (including phenoxy) is 1. The van der Waals surface area contributed by atoms with Gasteiger partial charge in [-0.2, -0.15) is 0 Å². The molecule has 0 N–H and O–H groups in total. The van der Waals surface area contributed by atoms with Crippen molar-refractivity contribution in [2.75, 3.05) is 45.9 Å². The summed E-state index contributed by atoms with van der Waals surface area (Å²) in [6, 6.07) is 5.22. The second kappa shape index (κ2) is 7.84. The van der Waals surface area contributed by atoms with E-state index in [0.717, 1.165) is 58.8 Å². The average molecular weight is 357 g/mol. The first-order valence-corrected chi connectivity index (χ1v) is 8.94. The number of amides is 1. The van der Waals surface area contributed by atoms with Crippen LogP contribution in [0.15, 0.2) is 18.2 Å². The smallest absolute Gasteiger partial charge is 0.255 e. The van der Waals surface area contributed by atoms with E-state index in [1.54, 1.807) is 18.2 Å². The molecule has 23 heavy (non-hydrogen) atoms. The molecule has 0 atom stereocenters. The number of piperidine rings is 1. The van der Waals surface area contributed by atoms with Crippen LogP contribution < -0.4 is 0 Å². The lowest BCUT2D eigenvalue weighted by molar-refractivity contribution is 0.0243. The summed E-state index contributed by atoms with van der Waals surface area (Å²) in [4.78, 5) is 17.0. The Morgan fingerprint density at radius 2 is 1.83 bits per heavy atom. The van der Waals surface area contributed by atoms with Crippen LogP contribution in [0.2, 0.25) is 10.0 Å². The maximum Gasteiger partial charge on any atom is 0.255 e. The fourth-order valence-corrected chi connectivity index (χ4v) is 3.69. The van der Waals surface area contributed by atoms with Crippen molar-refractivity contribution >= 4 is 29.1 Å². The molecule has 2 saturated heterocycles. The van der Waals surface area contributed by atoms with Gasteiger partial charge in [0.2, 0.25) is 0 Å². The van der Waals surface area contributed by atoms with Gasteiger partial charge in [0.25, 0.3) is 5.91 Å². The summed E-state index contributed by atoms with van der Waals surface area (Å²) in [7, 11) is 0. The standard InChI is InChI=1S/C17H22Cl2N2O2/c18-15-3-1-2-14(16(15)19)17(22)21-6-4-13(5-7-21)12-20-8-10-23-11-9-20/h1-3,13H,4-12H2. The molecule has 0 aliphatic carbocycles. The first-order chi connectivity index (χ1) is 11.1. The van der Waals surface area contributed by atoms with E-state index in [9.17, 15) is 4.79 Å². The van der Waals surface area contributed by atoms with Crippen molar-refractivity contribution in [1.82, 2.24) is 9.80 Å². The molecule has 6 heteroatoms. The summed E-state index contributed by atoms with van der Waals surface area (Å²) in [5.74, 6) is 0.648. The van der Waals surface area contributed by atoms with Gasteiger partial charge in [-0.15, -0.1) is 0 Å². The first kappa shape index (κ1) is 17.0. The maximum absolute atomic E-state index is 12.6. The Morgan fingerprint density at radius 1 is 1.13 bits per heavy atom. The molecule has 0 bridgehead atoms. The van der Waals surface area contributed by atoms with Crippen LogP contribution >= 0.6 is 23.2 Å². The van der Waals surface area contributed by atoms with Gasteiger partial charge in [-0.1, -0.05) is 29.3 Å². The number of hydrogen-bond acceptors (Lipinski definition) is 3. The molecule has 2 aliphatic heterocycles. The Hall–Kier alpha value is -0.810. The normalized spacial score (nSPS) is 20.7. The van der Waals surface area contributed by atoms with Crippen molar-refractivity contribution in [3.63, 3.8) is 0 Å². The topological polar surface area (TPSA) is 32.8 Å². The third-order valence-corrected chi connectivity index (χ3v) is 5.52. The van der Waals surface area contributed by atoms with E-state index < -0.39 is 0 Å². The average Bonchev–Trinajstić information content (AvgIpc) is 2.58. The van der Waals surface area contributed by atoms with E-state index >= 15 is 0 Å². The number of morpholine rings is 1. The van der Waals surface area contributed by atoms with Gasteiger partial charge in [0, 0.05) is 32.7 Å². The quantitative estimate of drug-likeness (QED) is 0.833. The highest BCUT2D eigenvalue weighted by molar-refractivity contribution is 6.43. The van der Waals surface area contributed by atoms with Crippen LogP contribution in [-0.4, -0.2) is 61.6 Å². The van der Waals surface area contributed by atoms with Crippen molar-refractivity contribution in [3.8, 4) is 0 Å². The van der Waals surface area contributed by atoms with Gasteiger partial charge in [0.05, 0.1) is 28.8 Å². The third kappa shape index (κ3) is 4.18. The number of carbonyl (C=O) groups excluding carboxylic acids is 1. The lowest BCUT2D eigenvalue weighted by Gasteiger charge is -2.36. The Morgan fingerprint density at radius 3 is 2.52 bits per heavy atom. The second-order valence-corrected chi connectivity index (χ2v) is 7.04. The molecule has 0 radical (unpaired) electrons. The van der Waals surface area contributed by atoms with Crippen LogP contribution in [0.3, 0.4) is 0 Å². The van der Waals surface area contributed by atoms with Gasteiger partial charge in [-0.05, 0) is 30.9 Å². The molecule has 1 amide bonds. The number of rotatable bonds is 3. The number of carbonyl (C=O) groups is 1. The highest BCUT2D eigenvalue weighted by Crippen LogP contribution is 2.28. The fourth-order valence-electron chi connectivity index (χ4n) is 3.31. The van der Waals surface area contributed by atoms with Gasteiger partial charge in [-0.3, -0.25) is 9.69 Å². The molecular formula is C17H22Cl2N2O2. The van der Waals surface area contributed by atoms with Gasteiger partial charge in [0.1, 0.15) is 0 Å². The maximum atomic E-state index is 12.6. The molecule has 2 heterocycles.